The van der Waals surface area contributed by atoms with Crippen LogP contribution in [0, 0.1) is 5.92 Å². The number of methoxy groups -OCH3 is 2. The van der Waals surface area contributed by atoms with Crippen molar-refractivity contribution in [2.45, 2.75) is 37.9 Å². The van der Waals surface area contributed by atoms with Crippen LogP contribution in [0.25, 0.3) is 11.3 Å². The Morgan fingerprint density at radius 1 is 0.900 bits per heavy atom. The average molecular weight is 539 g/mol. The molecule has 0 N–H and O–H groups in total. The number of fused-ring (bicyclic) bond motifs is 3. The van der Waals surface area contributed by atoms with Crippen molar-refractivity contribution in [3.8, 4) is 22.8 Å². The predicted molar refractivity (Wildman–Crippen MR) is 155 cm³/mol. The highest BCUT2D eigenvalue weighted by Gasteiger charge is 2.42. The molecule has 4 aromatic rings. The Kier molecular flexibility index (Phi) is 7.80. The second-order valence-electron chi connectivity index (χ2n) is 11.0. The molecule has 3 saturated heterocycles. The van der Waals surface area contributed by atoms with Crippen molar-refractivity contribution in [3.63, 3.8) is 0 Å². The number of hydrogen-bond donors (Lipinski definition) is 0. The maximum atomic E-state index is 5.53. The molecule has 0 radical (unpaired) electrons. The first-order valence-corrected chi connectivity index (χ1v) is 14.1. The van der Waals surface area contributed by atoms with Gasteiger partial charge in [-0.2, -0.15) is 5.10 Å². The van der Waals surface area contributed by atoms with Gasteiger partial charge in [-0.3, -0.25) is 24.4 Å². The fourth-order valence-corrected chi connectivity index (χ4v) is 6.55. The molecule has 4 atom stereocenters. The molecule has 0 saturated carbocycles. The van der Waals surface area contributed by atoms with Crippen LogP contribution in [0.4, 0.5) is 0 Å². The number of ether oxygens (including phenoxy) is 2. The van der Waals surface area contributed by atoms with E-state index < -0.39 is 0 Å². The molecule has 1 aromatic carbocycles. The lowest BCUT2D eigenvalue weighted by molar-refractivity contribution is 0.00727. The van der Waals surface area contributed by atoms with E-state index in [-0.39, 0.29) is 0 Å². The summed E-state index contributed by atoms with van der Waals surface area (Å²) in [6.45, 7) is 4.89. The topological polar surface area (TPSA) is 68.5 Å². The third-order valence-electron chi connectivity index (χ3n) is 8.55. The van der Waals surface area contributed by atoms with E-state index in [9.17, 15) is 0 Å². The molecule has 2 bridgehead atoms. The summed E-state index contributed by atoms with van der Waals surface area (Å²) in [4.78, 5) is 14.4. The van der Waals surface area contributed by atoms with E-state index in [1.165, 1.54) is 18.5 Å². The number of aryl methyl sites for hydroxylation is 1. The third kappa shape index (κ3) is 5.60. The molecule has 40 heavy (non-hydrogen) atoms. The number of pyridine rings is 2. The molecule has 8 nitrogen and oxygen atoms in total. The molecular weight excluding hydrogens is 500 g/mol. The SMILES string of the molecule is COc1ccc(-c2cc([C@H]3CN4CC[C@H]3C[C@@H]4CN(Cc3ccccn3)Cc3ccccn3)n(C)n2)cc1OC. The number of benzene rings is 1. The highest BCUT2D eigenvalue weighted by atomic mass is 16.5. The van der Waals surface area contributed by atoms with Crippen LogP contribution >= 0.6 is 0 Å². The van der Waals surface area contributed by atoms with Gasteiger partial charge in [-0.15, -0.1) is 0 Å². The van der Waals surface area contributed by atoms with Crippen LogP contribution < -0.4 is 9.47 Å². The summed E-state index contributed by atoms with van der Waals surface area (Å²) in [5.74, 6) is 2.58. The molecule has 0 amide bonds. The monoisotopic (exact) mass is 538 g/mol. The second kappa shape index (κ2) is 11.8. The molecule has 208 valence electrons. The number of piperidine rings is 3. The Balaban J connectivity index is 1.18. The molecule has 3 aliphatic rings. The zero-order valence-electron chi connectivity index (χ0n) is 23.6. The summed E-state index contributed by atoms with van der Waals surface area (Å²) >= 11 is 0. The first-order valence-electron chi connectivity index (χ1n) is 14.1. The van der Waals surface area contributed by atoms with Crippen LogP contribution in [0.5, 0.6) is 11.5 Å². The van der Waals surface area contributed by atoms with Gasteiger partial charge in [-0.1, -0.05) is 12.1 Å². The Bertz CT molecular complexity index is 1370. The Hall–Kier alpha value is -3.75. The lowest BCUT2D eigenvalue weighted by Crippen LogP contribution is -2.56. The van der Waals surface area contributed by atoms with Crippen LogP contribution in [0.1, 0.15) is 35.8 Å². The van der Waals surface area contributed by atoms with Crippen molar-refractivity contribution in [1.82, 2.24) is 29.5 Å². The Labute approximate surface area is 236 Å². The van der Waals surface area contributed by atoms with Gasteiger partial charge in [0.25, 0.3) is 0 Å². The summed E-state index contributed by atoms with van der Waals surface area (Å²) in [5, 5.41) is 4.91. The van der Waals surface area contributed by atoms with Crippen molar-refractivity contribution < 1.29 is 9.47 Å². The summed E-state index contributed by atoms with van der Waals surface area (Å²) in [6.07, 6.45) is 6.20. The van der Waals surface area contributed by atoms with Gasteiger partial charge in [-0.25, -0.2) is 0 Å². The maximum absolute atomic E-state index is 5.53. The lowest BCUT2D eigenvalue weighted by Gasteiger charge is -2.51. The Morgan fingerprint density at radius 3 is 2.23 bits per heavy atom. The van der Waals surface area contributed by atoms with E-state index in [1.807, 2.05) is 36.7 Å². The largest absolute Gasteiger partial charge is 0.493 e. The van der Waals surface area contributed by atoms with Crippen LogP contribution in [0.3, 0.4) is 0 Å². The van der Waals surface area contributed by atoms with Gasteiger partial charge in [0.1, 0.15) is 0 Å². The minimum atomic E-state index is 0.483. The van der Waals surface area contributed by atoms with E-state index in [0.717, 1.165) is 66.9 Å². The number of hydrogen-bond acceptors (Lipinski definition) is 7. The molecule has 1 unspecified atom stereocenters. The van der Waals surface area contributed by atoms with Crippen LogP contribution in [0.2, 0.25) is 0 Å². The van der Waals surface area contributed by atoms with Gasteiger partial charge in [0, 0.05) is 68.8 Å². The molecule has 0 spiro atoms. The fourth-order valence-electron chi connectivity index (χ4n) is 6.55. The molecule has 3 aliphatic heterocycles. The molecule has 7 rings (SSSR count). The molecule has 3 aromatic heterocycles. The quantitative estimate of drug-likeness (QED) is 0.288. The van der Waals surface area contributed by atoms with Crippen molar-refractivity contribution in [1.29, 1.82) is 0 Å². The zero-order chi connectivity index (χ0) is 27.5. The van der Waals surface area contributed by atoms with Crippen LogP contribution in [-0.2, 0) is 20.1 Å². The van der Waals surface area contributed by atoms with Gasteiger partial charge in [0.15, 0.2) is 11.5 Å². The van der Waals surface area contributed by atoms with Gasteiger partial charge < -0.3 is 9.47 Å². The van der Waals surface area contributed by atoms with Gasteiger partial charge in [-0.05, 0) is 73.8 Å². The van der Waals surface area contributed by atoms with E-state index in [2.05, 4.69) is 67.9 Å². The third-order valence-corrected chi connectivity index (χ3v) is 8.55. The average Bonchev–Trinajstić information content (AvgIpc) is 3.39. The standard InChI is InChI=1S/C32H38N6O2/c1-36-30(18-29(35-36)24-10-11-31(39-2)32(17-24)40-3)28-22-38-15-12-23(28)16-27(38)21-37(19-25-8-4-6-13-33-25)20-26-9-5-7-14-34-26/h4-11,13-14,17-18,23,27-28H,12,15-16,19-22H2,1-3H3/t23-,27+,28-/m0/s1. The fraction of sp³-hybridized carbons (Fsp3) is 0.406. The van der Waals surface area contributed by atoms with E-state index in [4.69, 9.17) is 14.6 Å². The van der Waals surface area contributed by atoms with Crippen LogP contribution in [-0.4, -0.2) is 69.4 Å². The summed E-state index contributed by atoms with van der Waals surface area (Å²) in [6, 6.07) is 21.2. The maximum Gasteiger partial charge on any atom is 0.161 e. The molecular formula is C32H38N6O2. The minimum Gasteiger partial charge on any atom is -0.493 e. The van der Waals surface area contributed by atoms with Crippen molar-refractivity contribution in [2.24, 2.45) is 13.0 Å². The van der Waals surface area contributed by atoms with Gasteiger partial charge >= 0.3 is 0 Å². The van der Waals surface area contributed by atoms with Gasteiger partial charge in [0.05, 0.1) is 31.3 Å². The van der Waals surface area contributed by atoms with Crippen molar-refractivity contribution >= 4 is 0 Å². The predicted octanol–water partition coefficient (Wildman–Crippen LogP) is 4.77. The lowest BCUT2D eigenvalue weighted by atomic mass is 9.74. The van der Waals surface area contributed by atoms with Gasteiger partial charge in [0.2, 0.25) is 0 Å². The normalized spacial score (nSPS) is 22.0. The minimum absolute atomic E-state index is 0.483. The molecule has 0 aliphatic carbocycles. The van der Waals surface area contributed by atoms with Crippen molar-refractivity contribution in [2.75, 3.05) is 33.9 Å². The van der Waals surface area contributed by atoms with E-state index >= 15 is 0 Å². The summed E-state index contributed by atoms with van der Waals surface area (Å²) < 4.78 is 13.0. The number of rotatable bonds is 10. The second-order valence-corrected chi connectivity index (χ2v) is 11.0. The number of aromatic nitrogens is 4. The summed E-state index contributed by atoms with van der Waals surface area (Å²) in [7, 11) is 5.41. The van der Waals surface area contributed by atoms with Crippen LogP contribution in [0.15, 0.2) is 73.1 Å². The smallest absolute Gasteiger partial charge is 0.161 e. The molecule has 3 fully saturated rings. The van der Waals surface area contributed by atoms with Crippen molar-refractivity contribution in [3.05, 3.63) is 90.1 Å². The number of nitrogens with zero attached hydrogens (tertiary/aromatic N) is 6. The first kappa shape index (κ1) is 26.5. The zero-order valence-corrected chi connectivity index (χ0v) is 23.6. The summed E-state index contributed by atoms with van der Waals surface area (Å²) in [5.41, 5.74) is 5.54. The van der Waals surface area contributed by atoms with E-state index in [1.54, 1.807) is 14.2 Å². The highest BCUT2D eigenvalue weighted by molar-refractivity contribution is 5.64. The molecule has 6 heterocycles. The van der Waals surface area contributed by atoms with E-state index in [0.29, 0.717) is 17.9 Å². The first-order chi connectivity index (χ1) is 19.6. The molecule has 8 heteroatoms. The highest BCUT2D eigenvalue weighted by Crippen LogP contribution is 2.43. The Morgan fingerprint density at radius 2 is 1.62 bits per heavy atom.